The monoisotopic (exact) mass is 372 g/mol. The number of carbonyl (C=O) groups is 1. The number of hydrogen-bond acceptors (Lipinski definition) is 3. The second kappa shape index (κ2) is 8.52. The van der Waals surface area contributed by atoms with Gasteiger partial charge in [0, 0.05) is 36.2 Å². The van der Waals surface area contributed by atoms with Crippen molar-refractivity contribution in [3.05, 3.63) is 34.9 Å². The molecule has 2 fully saturated rings. The first-order chi connectivity index (χ1) is 11.1. The van der Waals surface area contributed by atoms with E-state index in [1.807, 2.05) is 18.2 Å². The van der Waals surface area contributed by atoms with E-state index in [0.717, 1.165) is 42.7 Å². The van der Waals surface area contributed by atoms with Crippen LogP contribution in [0.3, 0.4) is 0 Å². The van der Waals surface area contributed by atoms with E-state index in [1.54, 1.807) is 0 Å². The van der Waals surface area contributed by atoms with E-state index in [1.165, 1.54) is 0 Å². The molecule has 24 heavy (non-hydrogen) atoms. The van der Waals surface area contributed by atoms with Gasteiger partial charge >= 0.3 is 0 Å². The van der Waals surface area contributed by atoms with Crippen LogP contribution in [-0.2, 0) is 14.9 Å². The Kier molecular flexibility index (Phi) is 6.93. The number of halogens is 2. The van der Waals surface area contributed by atoms with Crippen molar-refractivity contribution in [3.63, 3.8) is 0 Å². The summed E-state index contributed by atoms with van der Waals surface area (Å²) in [6.07, 6.45) is 4.63. The van der Waals surface area contributed by atoms with Gasteiger partial charge in [-0.15, -0.1) is 12.4 Å². The molecule has 1 aliphatic carbocycles. The Morgan fingerprint density at radius 2 is 2.00 bits per heavy atom. The Hall–Kier alpha value is -0.810. The van der Waals surface area contributed by atoms with Gasteiger partial charge in [0.05, 0.1) is 5.92 Å². The minimum atomic E-state index is -0.144. The Morgan fingerprint density at radius 3 is 2.62 bits per heavy atom. The highest BCUT2D eigenvalue weighted by Crippen LogP contribution is 2.38. The fourth-order valence-corrected chi connectivity index (χ4v) is 4.23. The van der Waals surface area contributed by atoms with Gasteiger partial charge in [0.25, 0.3) is 0 Å². The number of amides is 1. The highest BCUT2D eigenvalue weighted by molar-refractivity contribution is 6.31. The predicted octanol–water partition coefficient (Wildman–Crippen LogP) is 3.05. The third-order valence-electron chi connectivity index (χ3n) is 5.40. The number of hydrogen-bond donors (Lipinski definition) is 2. The molecule has 1 aliphatic heterocycles. The van der Waals surface area contributed by atoms with Crippen molar-refractivity contribution >= 4 is 29.9 Å². The number of ether oxygens (including phenoxy) is 1. The maximum absolute atomic E-state index is 12.5. The maximum atomic E-state index is 12.5. The molecule has 1 aromatic carbocycles. The Morgan fingerprint density at radius 1 is 1.29 bits per heavy atom. The molecular formula is C18H26Cl2N2O2. The topological polar surface area (TPSA) is 64.4 Å². The van der Waals surface area contributed by atoms with E-state index in [2.05, 4.69) is 11.4 Å². The van der Waals surface area contributed by atoms with Crippen LogP contribution >= 0.6 is 24.0 Å². The fraction of sp³-hybridized carbons (Fsp3) is 0.611. The van der Waals surface area contributed by atoms with E-state index in [4.69, 9.17) is 22.1 Å². The standard InChI is InChI=1S/C18H25ClN2O2.ClH/c19-15-6-2-1-5-14(15)18(8-10-23-11-9-18)12-21-17(22)13-4-3-7-16(13)20;/h1-2,5-6,13,16H,3-4,7-12,20H2,(H,21,22);1H. The molecule has 2 unspecified atom stereocenters. The van der Waals surface area contributed by atoms with Crippen molar-refractivity contribution in [1.82, 2.24) is 5.32 Å². The van der Waals surface area contributed by atoms with Gasteiger partial charge in [0.2, 0.25) is 5.91 Å². The van der Waals surface area contributed by atoms with Crippen LogP contribution in [0.4, 0.5) is 0 Å². The lowest BCUT2D eigenvalue weighted by Crippen LogP contribution is -2.47. The number of nitrogens with two attached hydrogens (primary N) is 1. The lowest BCUT2D eigenvalue weighted by atomic mass is 9.74. The first kappa shape index (κ1) is 19.5. The summed E-state index contributed by atoms with van der Waals surface area (Å²) in [5.41, 5.74) is 7.02. The van der Waals surface area contributed by atoms with E-state index in [0.29, 0.717) is 19.8 Å². The summed E-state index contributed by atoms with van der Waals surface area (Å²) in [6, 6.07) is 7.94. The van der Waals surface area contributed by atoms with Crippen molar-refractivity contribution < 1.29 is 9.53 Å². The predicted molar refractivity (Wildman–Crippen MR) is 98.8 cm³/mol. The summed E-state index contributed by atoms with van der Waals surface area (Å²) in [6.45, 7) is 2.00. The first-order valence-corrected chi connectivity index (χ1v) is 8.86. The lowest BCUT2D eigenvalue weighted by molar-refractivity contribution is -0.125. The van der Waals surface area contributed by atoms with Gasteiger partial charge in [-0.1, -0.05) is 36.2 Å². The van der Waals surface area contributed by atoms with Crippen LogP contribution in [0.2, 0.25) is 5.02 Å². The van der Waals surface area contributed by atoms with Gasteiger partial charge in [0.15, 0.2) is 0 Å². The van der Waals surface area contributed by atoms with E-state index >= 15 is 0 Å². The van der Waals surface area contributed by atoms with Crippen LogP contribution in [0.1, 0.15) is 37.7 Å². The maximum Gasteiger partial charge on any atom is 0.224 e. The number of benzene rings is 1. The molecule has 1 aromatic rings. The molecule has 2 aliphatic rings. The molecule has 1 heterocycles. The van der Waals surface area contributed by atoms with Gasteiger partial charge in [-0.05, 0) is 37.3 Å². The third-order valence-corrected chi connectivity index (χ3v) is 5.73. The van der Waals surface area contributed by atoms with Crippen molar-refractivity contribution in [2.75, 3.05) is 19.8 Å². The zero-order chi connectivity index (χ0) is 16.3. The van der Waals surface area contributed by atoms with Gasteiger partial charge in [0.1, 0.15) is 0 Å². The highest BCUT2D eigenvalue weighted by Gasteiger charge is 2.38. The molecule has 0 aromatic heterocycles. The van der Waals surface area contributed by atoms with Crippen LogP contribution in [0, 0.1) is 5.92 Å². The van der Waals surface area contributed by atoms with Crippen molar-refractivity contribution in [2.45, 2.75) is 43.6 Å². The number of nitrogens with one attached hydrogen (secondary N) is 1. The van der Waals surface area contributed by atoms with E-state index in [-0.39, 0.29) is 35.7 Å². The SMILES string of the molecule is Cl.NC1CCCC1C(=O)NCC1(c2ccccc2Cl)CCOCC1. The summed E-state index contributed by atoms with van der Waals surface area (Å²) < 4.78 is 5.53. The molecule has 1 saturated carbocycles. The molecule has 1 amide bonds. The minimum Gasteiger partial charge on any atom is -0.381 e. The summed E-state index contributed by atoms with van der Waals surface area (Å²) >= 11 is 6.44. The highest BCUT2D eigenvalue weighted by atomic mass is 35.5. The molecule has 3 N–H and O–H groups in total. The van der Waals surface area contributed by atoms with Crippen LogP contribution in [0.5, 0.6) is 0 Å². The second-order valence-electron chi connectivity index (χ2n) is 6.79. The molecule has 0 radical (unpaired) electrons. The van der Waals surface area contributed by atoms with Gasteiger partial charge in [-0.2, -0.15) is 0 Å². The average Bonchev–Trinajstić information content (AvgIpc) is 3.00. The average molecular weight is 373 g/mol. The quantitative estimate of drug-likeness (QED) is 0.853. The Balaban J connectivity index is 0.00000208. The van der Waals surface area contributed by atoms with Gasteiger partial charge in [-0.3, -0.25) is 4.79 Å². The van der Waals surface area contributed by atoms with Crippen molar-refractivity contribution in [2.24, 2.45) is 11.7 Å². The molecule has 2 atom stereocenters. The Labute approximate surface area is 154 Å². The lowest BCUT2D eigenvalue weighted by Gasteiger charge is -2.38. The van der Waals surface area contributed by atoms with Crippen LogP contribution in [-0.4, -0.2) is 31.7 Å². The third kappa shape index (κ3) is 4.05. The Bertz CT molecular complexity index is 562. The summed E-state index contributed by atoms with van der Waals surface area (Å²) in [5, 5.41) is 3.92. The molecule has 0 spiro atoms. The van der Waals surface area contributed by atoms with E-state index < -0.39 is 0 Å². The molecule has 0 bridgehead atoms. The molecule has 1 saturated heterocycles. The first-order valence-electron chi connectivity index (χ1n) is 8.48. The van der Waals surface area contributed by atoms with Crippen molar-refractivity contribution in [3.8, 4) is 0 Å². The molecule has 6 heteroatoms. The van der Waals surface area contributed by atoms with Gasteiger partial charge in [-0.25, -0.2) is 0 Å². The van der Waals surface area contributed by atoms with Crippen LogP contribution in [0.25, 0.3) is 0 Å². The van der Waals surface area contributed by atoms with E-state index in [9.17, 15) is 4.79 Å². The number of carbonyl (C=O) groups excluding carboxylic acids is 1. The summed E-state index contributed by atoms with van der Waals surface area (Å²) in [4.78, 5) is 12.5. The summed E-state index contributed by atoms with van der Waals surface area (Å²) in [7, 11) is 0. The molecule has 3 rings (SSSR count). The zero-order valence-corrected chi connectivity index (χ0v) is 15.4. The molecular weight excluding hydrogens is 347 g/mol. The largest absolute Gasteiger partial charge is 0.381 e. The molecule has 134 valence electrons. The molecule has 4 nitrogen and oxygen atoms in total. The van der Waals surface area contributed by atoms with Crippen LogP contribution in [0.15, 0.2) is 24.3 Å². The van der Waals surface area contributed by atoms with Crippen molar-refractivity contribution in [1.29, 1.82) is 0 Å². The van der Waals surface area contributed by atoms with Crippen LogP contribution < -0.4 is 11.1 Å². The van der Waals surface area contributed by atoms with Gasteiger partial charge < -0.3 is 15.8 Å². The number of rotatable bonds is 4. The normalized spacial score (nSPS) is 25.8. The minimum absolute atomic E-state index is 0. The second-order valence-corrected chi connectivity index (χ2v) is 7.20. The zero-order valence-electron chi connectivity index (χ0n) is 13.8. The fourth-order valence-electron chi connectivity index (χ4n) is 3.90. The summed E-state index contributed by atoms with van der Waals surface area (Å²) in [5.74, 6) is 0.0473. The smallest absolute Gasteiger partial charge is 0.224 e.